The summed E-state index contributed by atoms with van der Waals surface area (Å²) in [6, 6.07) is 17.5. The van der Waals surface area contributed by atoms with Crippen LogP contribution in [0.5, 0.6) is 0 Å². The second-order valence-corrected chi connectivity index (χ2v) is 7.24. The van der Waals surface area contributed by atoms with Gasteiger partial charge in [-0.15, -0.1) is 10.2 Å². The molecule has 0 bridgehead atoms. The Morgan fingerprint density at radius 2 is 1.85 bits per heavy atom. The Balaban J connectivity index is 1.52. The molecule has 0 aliphatic carbocycles. The number of rotatable bonds is 6. The maximum absolute atomic E-state index is 6.11. The van der Waals surface area contributed by atoms with E-state index in [1.807, 2.05) is 54.6 Å². The van der Waals surface area contributed by atoms with Crippen molar-refractivity contribution in [2.24, 2.45) is 0 Å². The van der Waals surface area contributed by atoms with E-state index in [4.69, 9.17) is 16.0 Å². The topological polar surface area (TPSA) is 56.7 Å². The van der Waals surface area contributed by atoms with Crippen molar-refractivity contribution in [1.82, 2.24) is 19.7 Å². The number of oxazole rings is 1. The minimum absolute atomic E-state index is 0.628. The highest BCUT2D eigenvalue weighted by Crippen LogP contribution is 2.28. The Kier molecular flexibility index (Phi) is 5.27. The van der Waals surface area contributed by atoms with Gasteiger partial charge in [-0.1, -0.05) is 53.7 Å². The zero-order chi connectivity index (χ0) is 18.6. The summed E-state index contributed by atoms with van der Waals surface area (Å²) < 4.78 is 7.68. The van der Waals surface area contributed by atoms with Crippen molar-refractivity contribution in [3.63, 3.8) is 0 Å². The van der Waals surface area contributed by atoms with Crippen molar-refractivity contribution in [2.75, 3.05) is 0 Å². The van der Waals surface area contributed by atoms with Gasteiger partial charge < -0.3 is 8.98 Å². The third kappa shape index (κ3) is 3.91. The van der Waals surface area contributed by atoms with E-state index in [2.05, 4.69) is 26.7 Å². The van der Waals surface area contributed by atoms with Crippen LogP contribution in [-0.4, -0.2) is 19.7 Å². The second-order valence-electron chi connectivity index (χ2n) is 5.86. The van der Waals surface area contributed by atoms with Gasteiger partial charge >= 0.3 is 0 Å². The lowest BCUT2D eigenvalue weighted by molar-refractivity contribution is 0.573. The van der Waals surface area contributed by atoms with Crippen LogP contribution in [0.4, 0.5) is 0 Å². The van der Waals surface area contributed by atoms with Gasteiger partial charge in [0, 0.05) is 28.4 Å². The predicted molar refractivity (Wildman–Crippen MR) is 108 cm³/mol. The highest BCUT2D eigenvalue weighted by Gasteiger charge is 2.15. The number of aromatic nitrogens is 4. The van der Waals surface area contributed by atoms with Crippen molar-refractivity contribution in [1.29, 1.82) is 0 Å². The van der Waals surface area contributed by atoms with Crippen LogP contribution in [0.2, 0.25) is 5.02 Å². The van der Waals surface area contributed by atoms with Gasteiger partial charge in [0.1, 0.15) is 6.26 Å². The Labute approximate surface area is 166 Å². The van der Waals surface area contributed by atoms with Gasteiger partial charge in [0.2, 0.25) is 5.89 Å². The maximum atomic E-state index is 6.11. The van der Waals surface area contributed by atoms with Crippen LogP contribution in [0.15, 0.2) is 70.4 Å². The molecule has 2 aromatic carbocycles. The summed E-state index contributed by atoms with van der Waals surface area (Å²) in [5, 5.41) is 10.2. The molecule has 0 saturated carbocycles. The summed E-state index contributed by atoms with van der Waals surface area (Å²) in [6.45, 7) is 2.84. The van der Waals surface area contributed by atoms with Gasteiger partial charge in [0.05, 0.1) is 5.69 Å². The zero-order valence-corrected chi connectivity index (χ0v) is 16.2. The Hall–Kier alpha value is -2.57. The van der Waals surface area contributed by atoms with Crippen molar-refractivity contribution in [2.45, 2.75) is 24.4 Å². The van der Waals surface area contributed by atoms with E-state index in [0.29, 0.717) is 16.7 Å². The number of thioether (sulfide) groups is 1. The standard InChI is InChI=1S/C20H17ClN4OS/c1-2-25-18(15-9-6-10-16(21)11-15)23-24-20(25)27-13-17-12-26-19(22-17)14-7-4-3-5-8-14/h3-12H,2,13H2,1H3. The molecule has 0 saturated heterocycles. The molecule has 7 heteroatoms. The fourth-order valence-corrected chi connectivity index (χ4v) is 3.82. The third-order valence-electron chi connectivity index (χ3n) is 4.04. The van der Waals surface area contributed by atoms with Crippen LogP contribution >= 0.6 is 23.4 Å². The monoisotopic (exact) mass is 396 g/mol. The summed E-state index contributed by atoms with van der Waals surface area (Å²) in [7, 11) is 0. The Bertz CT molecular complexity index is 1050. The van der Waals surface area contributed by atoms with E-state index in [1.54, 1.807) is 18.0 Å². The summed E-state index contributed by atoms with van der Waals surface area (Å²) in [4.78, 5) is 4.57. The Morgan fingerprint density at radius 3 is 2.63 bits per heavy atom. The van der Waals surface area contributed by atoms with E-state index in [-0.39, 0.29) is 0 Å². The molecule has 0 aliphatic heterocycles. The van der Waals surface area contributed by atoms with Crippen LogP contribution in [0, 0.1) is 0 Å². The average molecular weight is 397 g/mol. The first kappa shape index (κ1) is 17.8. The van der Waals surface area contributed by atoms with Crippen molar-refractivity contribution < 1.29 is 4.42 Å². The lowest BCUT2D eigenvalue weighted by Gasteiger charge is -2.07. The van der Waals surface area contributed by atoms with E-state index in [0.717, 1.165) is 34.3 Å². The molecular formula is C20H17ClN4OS. The summed E-state index contributed by atoms with van der Waals surface area (Å²) >= 11 is 7.70. The smallest absolute Gasteiger partial charge is 0.226 e. The van der Waals surface area contributed by atoms with Gasteiger partial charge in [0.15, 0.2) is 11.0 Å². The quantitative estimate of drug-likeness (QED) is 0.399. The third-order valence-corrected chi connectivity index (χ3v) is 5.27. The van der Waals surface area contributed by atoms with E-state index in [9.17, 15) is 0 Å². The molecule has 5 nitrogen and oxygen atoms in total. The largest absolute Gasteiger partial charge is 0.444 e. The van der Waals surface area contributed by atoms with Gasteiger partial charge in [0.25, 0.3) is 0 Å². The zero-order valence-electron chi connectivity index (χ0n) is 14.7. The predicted octanol–water partition coefficient (Wildman–Crippen LogP) is 5.57. The molecule has 0 aliphatic rings. The van der Waals surface area contributed by atoms with Crippen LogP contribution in [0.25, 0.3) is 22.8 Å². The molecule has 2 heterocycles. The number of hydrogen-bond acceptors (Lipinski definition) is 5. The fraction of sp³-hybridized carbons (Fsp3) is 0.150. The van der Waals surface area contributed by atoms with Gasteiger partial charge in [-0.2, -0.15) is 0 Å². The van der Waals surface area contributed by atoms with E-state index < -0.39 is 0 Å². The van der Waals surface area contributed by atoms with Crippen molar-refractivity contribution in [3.05, 3.63) is 71.6 Å². The molecule has 0 spiro atoms. The molecule has 2 aromatic heterocycles. The summed E-state index contributed by atoms with van der Waals surface area (Å²) in [6.07, 6.45) is 1.69. The van der Waals surface area contributed by atoms with Gasteiger partial charge in [-0.3, -0.25) is 0 Å². The molecule has 0 N–H and O–H groups in total. The molecule has 0 radical (unpaired) electrons. The SMILES string of the molecule is CCn1c(SCc2coc(-c3ccccc3)n2)nnc1-c1cccc(Cl)c1. The highest BCUT2D eigenvalue weighted by atomic mass is 35.5. The van der Waals surface area contributed by atoms with Crippen molar-refractivity contribution in [3.8, 4) is 22.8 Å². The molecule has 4 aromatic rings. The number of nitrogens with zero attached hydrogens (tertiary/aromatic N) is 4. The molecule has 0 atom stereocenters. The van der Waals surface area contributed by atoms with Gasteiger partial charge in [-0.05, 0) is 31.2 Å². The van der Waals surface area contributed by atoms with E-state index in [1.165, 1.54) is 0 Å². The highest BCUT2D eigenvalue weighted by molar-refractivity contribution is 7.98. The van der Waals surface area contributed by atoms with E-state index >= 15 is 0 Å². The minimum atomic E-state index is 0.628. The summed E-state index contributed by atoms with van der Waals surface area (Å²) in [5.74, 6) is 2.10. The number of halogens is 1. The molecule has 136 valence electrons. The molecule has 0 amide bonds. The maximum Gasteiger partial charge on any atom is 0.226 e. The molecule has 27 heavy (non-hydrogen) atoms. The molecule has 4 rings (SSSR count). The van der Waals surface area contributed by atoms with Crippen LogP contribution in [0.3, 0.4) is 0 Å². The Morgan fingerprint density at radius 1 is 1.04 bits per heavy atom. The average Bonchev–Trinajstić information content (AvgIpc) is 3.34. The molecule has 0 unspecified atom stereocenters. The molecule has 0 fully saturated rings. The fourth-order valence-electron chi connectivity index (χ4n) is 2.75. The van der Waals surface area contributed by atoms with Crippen LogP contribution in [-0.2, 0) is 12.3 Å². The van der Waals surface area contributed by atoms with Crippen LogP contribution in [0.1, 0.15) is 12.6 Å². The summed E-state index contributed by atoms with van der Waals surface area (Å²) in [5.41, 5.74) is 2.79. The normalized spacial score (nSPS) is 11.0. The lowest BCUT2D eigenvalue weighted by atomic mass is 10.2. The molecular weight excluding hydrogens is 380 g/mol. The van der Waals surface area contributed by atoms with Gasteiger partial charge in [-0.25, -0.2) is 4.98 Å². The number of hydrogen-bond donors (Lipinski definition) is 0. The first-order valence-electron chi connectivity index (χ1n) is 8.56. The first-order valence-corrected chi connectivity index (χ1v) is 9.92. The number of benzene rings is 2. The first-order chi connectivity index (χ1) is 13.2. The van der Waals surface area contributed by atoms with Crippen LogP contribution < -0.4 is 0 Å². The lowest BCUT2D eigenvalue weighted by Crippen LogP contribution is -2.00. The minimum Gasteiger partial charge on any atom is -0.444 e. The second kappa shape index (κ2) is 7.98. The van der Waals surface area contributed by atoms with Crippen molar-refractivity contribution >= 4 is 23.4 Å².